The average molecular weight is 230 g/mol. The summed E-state index contributed by atoms with van der Waals surface area (Å²) in [4.78, 5) is 23.5. The third kappa shape index (κ3) is 2.15. The van der Waals surface area contributed by atoms with Crippen molar-refractivity contribution in [1.29, 1.82) is 0 Å². The van der Waals surface area contributed by atoms with Crippen LogP contribution in [0.5, 0.6) is 0 Å². The number of hydrogen-bond donors (Lipinski definition) is 3. The van der Waals surface area contributed by atoms with Gasteiger partial charge in [0.25, 0.3) is 0 Å². The van der Waals surface area contributed by atoms with E-state index in [9.17, 15) is 9.59 Å². The molecule has 1 heterocycles. The Kier molecular flexibility index (Phi) is 3.76. The van der Waals surface area contributed by atoms with E-state index in [0.717, 1.165) is 0 Å². The number of rotatable bonds is 4. The highest BCUT2D eigenvalue weighted by molar-refractivity contribution is 7.80. The van der Waals surface area contributed by atoms with E-state index in [4.69, 9.17) is 17.3 Å². The van der Waals surface area contributed by atoms with Crippen molar-refractivity contribution in [3.63, 3.8) is 0 Å². The molecular weight excluding hydrogens is 216 g/mol. The minimum Gasteiger partial charge on any atom is -0.396 e. The fourth-order valence-corrected chi connectivity index (χ4v) is 1.96. The van der Waals surface area contributed by atoms with Crippen LogP contribution in [-0.4, -0.2) is 28.6 Å². The fourth-order valence-electron chi connectivity index (χ4n) is 1.78. The van der Waals surface area contributed by atoms with Gasteiger partial charge in [0.2, 0.25) is 11.8 Å². The predicted molar refractivity (Wildman–Crippen MR) is 57.9 cm³/mol. The number of nitrogens with one attached hydrogen (secondary N) is 2. The zero-order valence-corrected chi connectivity index (χ0v) is 9.32. The summed E-state index contributed by atoms with van der Waals surface area (Å²) in [7, 11) is 0. The Morgan fingerprint density at radius 3 is 2.20 bits per heavy atom. The van der Waals surface area contributed by atoms with Crippen LogP contribution in [0.25, 0.3) is 0 Å². The number of carbonyl (C=O) groups is 2. The molecule has 2 amide bonds. The molecule has 1 fully saturated rings. The Morgan fingerprint density at radius 2 is 1.80 bits per heavy atom. The lowest BCUT2D eigenvalue weighted by Gasteiger charge is -2.34. The Morgan fingerprint density at radius 1 is 1.27 bits per heavy atom. The largest absolute Gasteiger partial charge is 0.396 e. The van der Waals surface area contributed by atoms with Crippen molar-refractivity contribution in [2.24, 2.45) is 5.41 Å². The molecule has 0 aliphatic carbocycles. The van der Waals surface area contributed by atoms with Gasteiger partial charge in [-0.05, 0) is 25.1 Å². The van der Waals surface area contributed by atoms with Gasteiger partial charge < -0.3 is 15.7 Å². The van der Waals surface area contributed by atoms with Gasteiger partial charge >= 0.3 is 0 Å². The van der Waals surface area contributed by atoms with Crippen molar-refractivity contribution in [1.82, 2.24) is 10.6 Å². The monoisotopic (exact) mass is 230 g/mol. The van der Waals surface area contributed by atoms with E-state index < -0.39 is 17.2 Å². The lowest BCUT2D eigenvalue weighted by atomic mass is 9.77. The lowest BCUT2D eigenvalue weighted by molar-refractivity contribution is -0.145. The molecule has 0 saturated carbocycles. The second kappa shape index (κ2) is 4.67. The molecule has 1 aliphatic heterocycles. The minimum atomic E-state index is -1.16. The van der Waals surface area contributed by atoms with Crippen LogP contribution in [0.3, 0.4) is 0 Å². The highest BCUT2D eigenvalue weighted by Gasteiger charge is 2.47. The van der Waals surface area contributed by atoms with Crippen LogP contribution in [0.4, 0.5) is 0 Å². The van der Waals surface area contributed by atoms with E-state index in [2.05, 4.69) is 10.6 Å². The summed E-state index contributed by atoms with van der Waals surface area (Å²) in [6.07, 6.45) is 1.22. The quantitative estimate of drug-likeness (QED) is 0.457. The molecule has 15 heavy (non-hydrogen) atoms. The first kappa shape index (κ1) is 12.1. The van der Waals surface area contributed by atoms with Crippen LogP contribution in [0, 0.1) is 5.41 Å². The lowest BCUT2D eigenvalue weighted by Crippen LogP contribution is -2.62. The number of carbonyl (C=O) groups excluding carboxylic acids is 2. The molecule has 0 aromatic heterocycles. The molecule has 0 atom stereocenters. The number of hydrogen-bond acceptors (Lipinski definition) is 4. The maximum atomic E-state index is 11.7. The molecule has 0 aromatic carbocycles. The van der Waals surface area contributed by atoms with Gasteiger partial charge in [-0.2, -0.15) is 0 Å². The summed E-state index contributed by atoms with van der Waals surface area (Å²) >= 11 is 4.70. The first-order chi connectivity index (χ1) is 7.06. The normalized spacial score (nSPS) is 19.7. The van der Waals surface area contributed by atoms with Gasteiger partial charge in [0.15, 0.2) is 5.11 Å². The zero-order valence-electron chi connectivity index (χ0n) is 8.50. The Bertz CT molecular complexity index is 276. The smallest absolute Gasteiger partial charge is 0.241 e. The zero-order chi connectivity index (χ0) is 11.5. The standard InChI is InChI=1S/C9H14N2O3S/c1-2-3-9(4-5-12)6(13)10-8(15)11-7(9)14/h12H,2-5H2,1H3,(H2,10,11,13,14,15). The van der Waals surface area contributed by atoms with E-state index >= 15 is 0 Å². The van der Waals surface area contributed by atoms with Crippen LogP contribution in [0.2, 0.25) is 0 Å². The van der Waals surface area contributed by atoms with Gasteiger partial charge in [-0.15, -0.1) is 0 Å². The van der Waals surface area contributed by atoms with E-state index in [1.54, 1.807) is 0 Å². The second-order valence-corrected chi connectivity index (χ2v) is 3.95. The number of aliphatic hydroxyl groups is 1. The highest BCUT2D eigenvalue weighted by Crippen LogP contribution is 2.30. The molecule has 5 nitrogen and oxygen atoms in total. The molecular formula is C9H14N2O3S. The molecule has 0 unspecified atom stereocenters. The van der Waals surface area contributed by atoms with Crippen molar-refractivity contribution < 1.29 is 14.7 Å². The Hall–Kier alpha value is -1.01. The molecule has 0 radical (unpaired) electrons. The van der Waals surface area contributed by atoms with E-state index in [-0.39, 0.29) is 18.1 Å². The first-order valence-electron chi connectivity index (χ1n) is 4.84. The van der Waals surface area contributed by atoms with Gasteiger partial charge in [-0.25, -0.2) is 0 Å². The van der Waals surface area contributed by atoms with Crippen LogP contribution >= 0.6 is 12.2 Å². The van der Waals surface area contributed by atoms with Gasteiger partial charge in [0.1, 0.15) is 5.41 Å². The summed E-state index contributed by atoms with van der Waals surface area (Å²) in [5.74, 6) is -0.820. The molecule has 6 heteroatoms. The van der Waals surface area contributed by atoms with Gasteiger partial charge in [0, 0.05) is 6.61 Å². The second-order valence-electron chi connectivity index (χ2n) is 3.54. The topological polar surface area (TPSA) is 78.4 Å². The maximum Gasteiger partial charge on any atom is 0.241 e. The number of aliphatic hydroxyl groups excluding tert-OH is 1. The number of thiocarbonyl (C=S) groups is 1. The molecule has 0 spiro atoms. The molecule has 3 N–H and O–H groups in total. The molecule has 1 saturated heterocycles. The third-order valence-electron chi connectivity index (χ3n) is 2.54. The third-order valence-corrected chi connectivity index (χ3v) is 2.74. The van der Waals surface area contributed by atoms with E-state index in [1.165, 1.54) is 0 Å². The van der Waals surface area contributed by atoms with Crippen molar-refractivity contribution >= 4 is 29.1 Å². The average Bonchev–Trinajstić information content (AvgIpc) is 2.14. The molecule has 1 rings (SSSR count). The Labute approximate surface area is 93.2 Å². The fraction of sp³-hybridized carbons (Fsp3) is 0.667. The molecule has 0 bridgehead atoms. The van der Waals surface area contributed by atoms with Gasteiger partial charge in [-0.3, -0.25) is 9.59 Å². The van der Waals surface area contributed by atoms with Gasteiger partial charge in [0.05, 0.1) is 0 Å². The number of amides is 2. The maximum absolute atomic E-state index is 11.7. The summed E-state index contributed by atoms with van der Waals surface area (Å²) in [5.41, 5.74) is -1.16. The van der Waals surface area contributed by atoms with E-state index in [0.29, 0.717) is 12.8 Å². The van der Waals surface area contributed by atoms with Crippen LogP contribution in [0.15, 0.2) is 0 Å². The van der Waals surface area contributed by atoms with Crippen molar-refractivity contribution in [2.45, 2.75) is 26.2 Å². The van der Waals surface area contributed by atoms with Crippen molar-refractivity contribution in [2.75, 3.05) is 6.61 Å². The van der Waals surface area contributed by atoms with Crippen LogP contribution in [-0.2, 0) is 9.59 Å². The molecule has 0 aromatic rings. The molecule has 1 aliphatic rings. The summed E-state index contributed by atoms with van der Waals surface area (Å²) in [6.45, 7) is 1.68. The SMILES string of the molecule is CCCC1(CCO)C(=O)NC(=S)NC1=O. The van der Waals surface area contributed by atoms with E-state index in [1.807, 2.05) is 6.92 Å². The Balaban J connectivity index is 2.97. The van der Waals surface area contributed by atoms with Crippen LogP contribution < -0.4 is 10.6 Å². The summed E-state index contributed by atoms with van der Waals surface area (Å²) in [6, 6.07) is 0. The van der Waals surface area contributed by atoms with Crippen molar-refractivity contribution in [3.8, 4) is 0 Å². The highest BCUT2D eigenvalue weighted by atomic mass is 32.1. The predicted octanol–water partition coefficient (Wildman–Crippen LogP) is -0.314. The first-order valence-corrected chi connectivity index (χ1v) is 5.25. The van der Waals surface area contributed by atoms with Crippen LogP contribution in [0.1, 0.15) is 26.2 Å². The minimum absolute atomic E-state index is 0.0367. The summed E-state index contributed by atoms with van der Waals surface area (Å²) < 4.78 is 0. The van der Waals surface area contributed by atoms with Gasteiger partial charge in [-0.1, -0.05) is 13.3 Å². The molecule has 84 valence electrons. The van der Waals surface area contributed by atoms with Crippen molar-refractivity contribution in [3.05, 3.63) is 0 Å². The summed E-state index contributed by atoms with van der Waals surface area (Å²) in [5, 5.41) is 13.8.